The predicted octanol–water partition coefficient (Wildman–Crippen LogP) is 3.06. The fourth-order valence-corrected chi connectivity index (χ4v) is 4.73. The van der Waals surface area contributed by atoms with Gasteiger partial charge in [-0.15, -0.1) is 0 Å². The highest BCUT2D eigenvalue weighted by atomic mass is 16.5. The van der Waals surface area contributed by atoms with E-state index in [1.807, 2.05) is 30.3 Å². The summed E-state index contributed by atoms with van der Waals surface area (Å²) >= 11 is 0. The smallest absolute Gasteiger partial charge is 0.306 e. The zero-order valence-electron chi connectivity index (χ0n) is 16.3. The van der Waals surface area contributed by atoms with Crippen molar-refractivity contribution in [1.29, 1.82) is 0 Å². The summed E-state index contributed by atoms with van der Waals surface area (Å²) in [5, 5.41) is 13.5. The number of amides is 1. The number of hydrogen-bond acceptors (Lipinski definition) is 4. The fourth-order valence-electron chi connectivity index (χ4n) is 4.73. The van der Waals surface area contributed by atoms with Crippen LogP contribution in [-0.2, 0) is 20.9 Å². The molecule has 1 amide bonds. The quantitative estimate of drug-likeness (QED) is 0.778. The second-order valence-electron chi connectivity index (χ2n) is 8.51. The highest BCUT2D eigenvalue weighted by molar-refractivity contribution is 5.78. The maximum Gasteiger partial charge on any atom is 0.306 e. The van der Waals surface area contributed by atoms with Crippen molar-refractivity contribution in [2.24, 2.45) is 23.7 Å². The summed E-state index contributed by atoms with van der Waals surface area (Å²) in [6.07, 6.45) is 2.42. The molecule has 3 rings (SSSR count). The van der Waals surface area contributed by atoms with E-state index in [1.165, 1.54) is 0 Å². The summed E-state index contributed by atoms with van der Waals surface area (Å²) in [5.41, 5.74) is 1.06. The van der Waals surface area contributed by atoms with Crippen LogP contribution in [0, 0.1) is 23.7 Å². The third-order valence-corrected chi connectivity index (χ3v) is 6.06. The lowest BCUT2D eigenvalue weighted by Gasteiger charge is -2.42. The van der Waals surface area contributed by atoms with Crippen LogP contribution in [-0.4, -0.2) is 29.2 Å². The van der Waals surface area contributed by atoms with Gasteiger partial charge in [-0.1, -0.05) is 44.2 Å². The number of carbonyl (C=O) groups is 2. The maximum atomic E-state index is 12.3. The van der Waals surface area contributed by atoms with Crippen LogP contribution in [0.1, 0.15) is 51.5 Å². The van der Waals surface area contributed by atoms with Gasteiger partial charge in [-0.2, -0.15) is 0 Å². The first kappa shape index (κ1) is 19.9. The van der Waals surface area contributed by atoms with Crippen LogP contribution in [0.2, 0.25) is 0 Å². The molecule has 0 spiro atoms. The highest BCUT2D eigenvalue weighted by Gasteiger charge is 2.42. The minimum absolute atomic E-state index is 0.0215. The molecule has 0 radical (unpaired) electrons. The molecule has 0 aromatic heterocycles. The lowest BCUT2D eigenvalue weighted by Crippen LogP contribution is -2.46. The number of rotatable bonds is 5. The second-order valence-corrected chi connectivity index (χ2v) is 8.51. The van der Waals surface area contributed by atoms with Crippen LogP contribution in [0.25, 0.3) is 0 Å². The molecular weight excluding hydrogens is 342 g/mol. The van der Waals surface area contributed by atoms with Gasteiger partial charge in [0.1, 0.15) is 6.10 Å². The van der Waals surface area contributed by atoms with Gasteiger partial charge in [0, 0.05) is 25.3 Å². The van der Waals surface area contributed by atoms with Gasteiger partial charge in [0.15, 0.2) is 0 Å². The van der Waals surface area contributed by atoms with Crippen LogP contribution in [0.3, 0.4) is 0 Å². The van der Waals surface area contributed by atoms with Gasteiger partial charge in [-0.3, -0.25) is 9.59 Å². The molecule has 5 nitrogen and oxygen atoms in total. The molecule has 148 valence electrons. The van der Waals surface area contributed by atoms with Gasteiger partial charge in [0.2, 0.25) is 5.91 Å². The lowest BCUT2D eigenvalue weighted by molar-refractivity contribution is -0.168. The molecule has 1 saturated carbocycles. The normalized spacial score (nSPS) is 34.0. The number of aliphatic hydroxyl groups is 1. The molecule has 27 heavy (non-hydrogen) atoms. The standard InChI is InChI=1S/C22H31NO4/c1-14-8-15(2)22(26)18(9-14)19-10-17(12-21(25)27-19)11-20(24)23-13-16-6-4-3-5-7-16/h3-7,14-15,17-19,22,26H,8-13H2,1-2H3,(H,23,24)/t14-,15-,17?,18?,19?,22-/m0/s1. The Labute approximate surface area is 161 Å². The number of benzene rings is 1. The van der Waals surface area contributed by atoms with Crippen LogP contribution in [0.15, 0.2) is 30.3 Å². The first-order valence-electron chi connectivity index (χ1n) is 10.1. The van der Waals surface area contributed by atoms with E-state index < -0.39 is 6.10 Å². The zero-order valence-corrected chi connectivity index (χ0v) is 16.3. The van der Waals surface area contributed by atoms with Crippen LogP contribution < -0.4 is 5.32 Å². The maximum absolute atomic E-state index is 12.3. The topological polar surface area (TPSA) is 75.6 Å². The third-order valence-electron chi connectivity index (χ3n) is 6.06. The molecule has 2 aliphatic rings. The van der Waals surface area contributed by atoms with Crippen LogP contribution >= 0.6 is 0 Å². The van der Waals surface area contributed by atoms with Crippen molar-refractivity contribution < 1.29 is 19.4 Å². The number of cyclic esters (lactones) is 1. The van der Waals surface area contributed by atoms with E-state index in [4.69, 9.17) is 4.74 Å². The Kier molecular flexibility index (Phi) is 6.53. The summed E-state index contributed by atoms with van der Waals surface area (Å²) in [6, 6.07) is 9.78. The number of esters is 1. The van der Waals surface area contributed by atoms with E-state index in [0.29, 0.717) is 25.3 Å². The van der Waals surface area contributed by atoms with Gasteiger partial charge in [0.05, 0.1) is 6.10 Å². The third kappa shape index (κ3) is 5.32. The molecule has 5 heteroatoms. The largest absolute Gasteiger partial charge is 0.462 e. The molecule has 2 fully saturated rings. The van der Waals surface area contributed by atoms with Crippen molar-refractivity contribution in [3.63, 3.8) is 0 Å². The van der Waals surface area contributed by atoms with E-state index in [9.17, 15) is 14.7 Å². The van der Waals surface area contributed by atoms with Gasteiger partial charge in [-0.25, -0.2) is 0 Å². The number of hydrogen-bond donors (Lipinski definition) is 2. The number of aliphatic hydroxyl groups excluding tert-OH is 1. The van der Waals surface area contributed by atoms with E-state index in [0.717, 1.165) is 18.4 Å². The van der Waals surface area contributed by atoms with E-state index in [-0.39, 0.29) is 42.2 Å². The number of nitrogens with one attached hydrogen (secondary N) is 1. The first-order chi connectivity index (χ1) is 12.9. The van der Waals surface area contributed by atoms with Crippen molar-refractivity contribution in [3.8, 4) is 0 Å². The Hall–Kier alpha value is -1.88. The van der Waals surface area contributed by atoms with Crippen LogP contribution in [0.5, 0.6) is 0 Å². The summed E-state index contributed by atoms with van der Waals surface area (Å²) in [5.74, 6) is 0.400. The average molecular weight is 373 g/mol. The van der Waals surface area contributed by atoms with E-state index in [1.54, 1.807) is 0 Å². The Morgan fingerprint density at radius 1 is 1.19 bits per heavy atom. The molecule has 1 aliphatic heterocycles. The van der Waals surface area contributed by atoms with Crippen molar-refractivity contribution in [3.05, 3.63) is 35.9 Å². The first-order valence-corrected chi connectivity index (χ1v) is 10.1. The summed E-state index contributed by atoms with van der Waals surface area (Å²) in [4.78, 5) is 24.5. The summed E-state index contributed by atoms with van der Waals surface area (Å²) in [7, 11) is 0. The minimum atomic E-state index is -0.440. The highest BCUT2D eigenvalue weighted by Crippen LogP contribution is 2.40. The summed E-state index contributed by atoms with van der Waals surface area (Å²) < 4.78 is 5.60. The number of ether oxygens (including phenoxy) is 1. The minimum Gasteiger partial charge on any atom is -0.462 e. The van der Waals surface area contributed by atoms with E-state index >= 15 is 0 Å². The van der Waals surface area contributed by atoms with Crippen molar-refractivity contribution in [2.75, 3.05) is 0 Å². The zero-order chi connectivity index (χ0) is 19.4. The van der Waals surface area contributed by atoms with Gasteiger partial charge in [0.25, 0.3) is 0 Å². The van der Waals surface area contributed by atoms with Gasteiger partial charge in [-0.05, 0) is 42.6 Å². The lowest BCUT2D eigenvalue weighted by atomic mass is 9.70. The Balaban J connectivity index is 1.55. The molecule has 1 aromatic carbocycles. The van der Waals surface area contributed by atoms with Crippen molar-refractivity contribution in [2.45, 2.75) is 64.7 Å². The molecule has 0 bridgehead atoms. The van der Waals surface area contributed by atoms with Crippen LogP contribution in [0.4, 0.5) is 0 Å². The molecule has 3 unspecified atom stereocenters. The second kappa shape index (κ2) is 8.87. The molecule has 1 aliphatic carbocycles. The Morgan fingerprint density at radius 3 is 2.67 bits per heavy atom. The molecule has 2 N–H and O–H groups in total. The molecule has 6 atom stereocenters. The summed E-state index contributed by atoms with van der Waals surface area (Å²) in [6.45, 7) is 4.75. The van der Waals surface area contributed by atoms with Crippen molar-refractivity contribution >= 4 is 11.9 Å². The molecule has 1 aromatic rings. The molecule has 1 saturated heterocycles. The Bertz CT molecular complexity index is 647. The number of carbonyl (C=O) groups excluding carboxylic acids is 2. The fraction of sp³-hybridized carbons (Fsp3) is 0.636. The molecular formula is C22H31NO4. The average Bonchev–Trinajstić information content (AvgIpc) is 2.63. The van der Waals surface area contributed by atoms with Crippen molar-refractivity contribution in [1.82, 2.24) is 5.32 Å². The van der Waals surface area contributed by atoms with E-state index in [2.05, 4.69) is 19.2 Å². The molecule has 1 heterocycles. The predicted molar refractivity (Wildman–Crippen MR) is 103 cm³/mol. The monoisotopic (exact) mass is 373 g/mol. The van der Waals surface area contributed by atoms with Gasteiger partial charge < -0.3 is 15.2 Å². The van der Waals surface area contributed by atoms with Gasteiger partial charge >= 0.3 is 5.97 Å². The Morgan fingerprint density at radius 2 is 1.93 bits per heavy atom. The SMILES string of the molecule is C[C@@H]1CC(C2CC(CC(=O)NCc3ccccc3)CC(=O)O2)[C@@H](O)[C@@H](C)C1.